The molecule has 5 heteroatoms. The zero-order valence-electron chi connectivity index (χ0n) is 17.6. The van der Waals surface area contributed by atoms with Gasteiger partial charge in [-0.15, -0.1) is 0 Å². The lowest BCUT2D eigenvalue weighted by Crippen LogP contribution is -2.43. The van der Waals surface area contributed by atoms with Crippen molar-refractivity contribution in [2.75, 3.05) is 36.0 Å². The Labute approximate surface area is 179 Å². The van der Waals surface area contributed by atoms with Crippen molar-refractivity contribution in [2.24, 2.45) is 0 Å². The van der Waals surface area contributed by atoms with E-state index >= 15 is 0 Å². The SMILES string of the molecule is O=C1CCc2ccccc2N1Cc1cc(OC2CCCC2)cc(N2CCNCC2)c1. The van der Waals surface area contributed by atoms with Crippen molar-refractivity contribution in [3.05, 3.63) is 53.6 Å². The molecule has 1 saturated carbocycles. The van der Waals surface area contributed by atoms with E-state index in [1.807, 2.05) is 11.0 Å². The Bertz CT molecular complexity index is 901. The van der Waals surface area contributed by atoms with Crippen LogP contribution < -0.4 is 19.9 Å². The molecule has 1 N–H and O–H groups in total. The smallest absolute Gasteiger partial charge is 0.227 e. The fourth-order valence-electron chi connectivity index (χ4n) is 4.96. The number of hydrogen-bond acceptors (Lipinski definition) is 4. The lowest BCUT2D eigenvalue weighted by Gasteiger charge is -2.32. The monoisotopic (exact) mass is 405 g/mol. The van der Waals surface area contributed by atoms with Crippen molar-refractivity contribution in [2.45, 2.75) is 51.2 Å². The minimum atomic E-state index is 0.208. The van der Waals surface area contributed by atoms with E-state index in [9.17, 15) is 4.79 Å². The number of aryl methyl sites for hydroxylation is 1. The van der Waals surface area contributed by atoms with Crippen LogP contribution in [0.15, 0.2) is 42.5 Å². The molecule has 2 aromatic rings. The summed E-state index contributed by atoms with van der Waals surface area (Å²) in [5.74, 6) is 1.16. The molecule has 158 valence electrons. The van der Waals surface area contributed by atoms with Gasteiger partial charge in [-0.2, -0.15) is 0 Å². The Morgan fingerprint density at radius 2 is 1.80 bits per heavy atom. The molecular formula is C25H31N3O2. The van der Waals surface area contributed by atoms with Crippen LogP contribution in [-0.2, 0) is 17.8 Å². The Hall–Kier alpha value is -2.53. The minimum absolute atomic E-state index is 0.208. The number of para-hydroxylation sites is 1. The molecule has 2 aliphatic heterocycles. The summed E-state index contributed by atoms with van der Waals surface area (Å²) in [4.78, 5) is 17.2. The van der Waals surface area contributed by atoms with Gasteiger partial charge < -0.3 is 19.9 Å². The first-order chi connectivity index (χ1) is 14.8. The quantitative estimate of drug-likeness (QED) is 0.820. The van der Waals surface area contributed by atoms with Gasteiger partial charge in [0.15, 0.2) is 0 Å². The highest BCUT2D eigenvalue weighted by Gasteiger charge is 2.25. The van der Waals surface area contributed by atoms with Crippen molar-refractivity contribution in [1.29, 1.82) is 0 Å². The van der Waals surface area contributed by atoms with Crippen LogP contribution in [0.3, 0.4) is 0 Å². The van der Waals surface area contributed by atoms with Crippen molar-refractivity contribution in [3.8, 4) is 5.75 Å². The van der Waals surface area contributed by atoms with E-state index in [-0.39, 0.29) is 5.91 Å². The van der Waals surface area contributed by atoms with Crippen LogP contribution in [-0.4, -0.2) is 38.2 Å². The number of carbonyl (C=O) groups is 1. The summed E-state index contributed by atoms with van der Waals surface area (Å²) in [7, 11) is 0. The third-order valence-corrected chi connectivity index (χ3v) is 6.57. The molecular weight excluding hydrogens is 374 g/mol. The number of nitrogens with one attached hydrogen (secondary N) is 1. The Balaban J connectivity index is 1.45. The van der Waals surface area contributed by atoms with Crippen LogP contribution in [0.2, 0.25) is 0 Å². The fourth-order valence-corrected chi connectivity index (χ4v) is 4.96. The predicted octanol–water partition coefficient (Wildman–Crippen LogP) is 3.90. The summed E-state index contributed by atoms with van der Waals surface area (Å²) >= 11 is 0. The lowest BCUT2D eigenvalue weighted by molar-refractivity contribution is -0.119. The molecule has 1 saturated heterocycles. The van der Waals surface area contributed by atoms with E-state index in [2.05, 4.69) is 46.6 Å². The van der Waals surface area contributed by atoms with Crippen molar-refractivity contribution in [1.82, 2.24) is 5.32 Å². The van der Waals surface area contributed by atoms with Gasteiger partial charge in [-0.05, 0) is 61.4 Å². The normalized spacial score (nSPS) is 19.8. The van der Waals surface area contributed by atoms with Crippen LogP contribution in [0.5, 0.6) is 5.75 Å². The van der Waals surface area contributed by atoms with E-state index in [0.29, 0.717) is 19.1 Å². The molecule has 5 rings (SSSR count). The number of nitrogens with zero attached hydrogens (tertiary/aromatic N) is 2. The maximum atomic E-state index is 12.8. The first-order valence-electron chi connectivity index (χ1n) is 11.4. The van der Waals surface area contributed by atoms with E-state index < -0.39 is 0 Å². The van der Waals surface area contributed by atoms with Crippen LogP contribution >= 0.6 is 0 Å². The van der Waals surface area contributed by atoms with Gasteiger partial charge in [-0.25, -0.2) is 0 Å². The molecule has 2 heterocycles. The minimum Gasteiger partial charge on any atom is -0.490 e. The molecule has 0 spiro atoms. The molecule has 2 fully saturated rings. The second-order valence-electron chi connectivity index (χ2n) is 8.71. The third kappa shape index (κ3) is 4.17. The zero-order chi connectivity index (χ0) is 20.3. The van der Waals surface area contributed by atoms with E-state index in [0.717, 1.165) is 62.4 Å². The van der Waals surface area contributed by atoms with Crippen LogP contribution in [0.1, 0.15) is 43.2 Å². The van der Waals surface area contributed by atoms with Crippen molar-refractivity contribution in [3.63, 3.8) is 0 Å². The fraction of sp³-hybridized carbons (Fsp3) is 0.480. The molecule has 3 aliphatic rings. The molecule has 30 heavy (non-hydrogen) atoms. The molecule has 0 atom stereocenters. The van der Waals surface area contributed by atoms with E-state index in [1.54, 1.807) is 0 Å². The molecule has 1 amide bonds. The van der Waals surface area contributed by atoms with Crippen LogP contribution in [0, 0.1) is 0 Å². The molecule has 0 aromatic heterocycles. The van der Waals surface area contributed by atoms with Crippen LogP contribution in [0.4, 0.5) is 11.4 Å². The molecule has 5 nitrogen and oxygen atoms in total. The number of benzene rings is 2. The van der Waals surface area contributed by atoms with E-state index in [4.69, 9.17) is 4.74 Å². The van der Waals surface area contributed by atoms with Gasteiger partial charge >= 0.3 is 0 Å². The third-order valence-electron chi connectivity index (χ3n) is 6.57. The maximum absolute atomic E-state index is 12.8. The number of carbonyl (C=O) groups excluding carboxylic acids is 1. The number of amides is 1. The van der Waals surface area contributed by atoms with Gasteiger partial charge in [-0.1, -0.05) is 18.2 Å². The predicted molar refractivity (Wildman–Crippen MR) is 120 cm³/mol. The molecule has 1 aliphatic carbocycles. The number of piperazine rings is 1. The summed E-state index contributed by atoms with van der Waals surface area (Å²) in [6.07, 6.45) is 6.55. The van der Waals surface area contributed by atoms with E-state index in [1.165, 1.54) is 24.1 Å². The van der Waals surface area contributed by atoms with Gasteiger partial charge in [0.2, 0.25) is 5.91 Å². The van der Waals surface area contributed by atoms with Gasteiger partial charge in [-0.3, -0.25) is 4.79 Å². The van der Waals surface area contributed by atoms with Gasteiger partial charge in [0.1, 0.15) is 5.75 Å². The maximum Gasteiger partial charge on any atom is 0.227 e. The molecule has 0 radical (unpaired) electrons. The molecule has 0 bridgehead atoms. The first-order valence-corrected chi connectivity index (χ1v) is 11.4. The largest absolute Gasteiger partial charge is 0.490 e. The summed E-state index contributed by atoms with van der Waals surface area (Å²) in [5.41, 5.74) is 4.67. The molecule has 0 unspecified atom stereocenters. The lowest BCUT2D eigenvalue weighted by atomic mass is 10.0. The first kappa shape index (κ1) is 19.4. The van der Waals surface area contributed by atoms with Crippen molar-refractivity contribution >= 4 is 17.3 Å². The Morgan fingerprint density at radius 1 is 1.00 bits per heavy atom. The average molecular weight is 406 g/mol. The number of hydrogen-bond donors (Lipinski definition) is 1. The zero-order valence-corrected chi connectivity index (χ0v) is 17.6. The second kappa shape index (κ2) is 8.68. The summed E-state index contributed by atoms with van der Waals surface area (Å²) in [6, 6.07) is 14.9. The topological polar surface area (TPSA) is 44.8 Å². The van der Waals surface area contributed by atoms with Gasteiger partial charge in [0, 0.05) is 50.0 Å². The number of fused-ring (bicyclic) bond motifs is 1. The number of rotatable bonds is 5. The standard InChI is InChI=1S/C25H31N3O2/c29-25-10-9-20-5-1-4-8-24(20)28(25)18-19-15-21(27-13-11-26-12-14-27)17-23(16-19)30-22-6-2-3-7-22/h1,4-5,8,15-17,22,26H,2-3,6-7,9-14,18H2. The molecule has 2 aromatic carbocycles. The Morgan fingerprint density at radius 3 is 2.63 bits per heavy atom. The van der Waals surface area contributed by atoms with Crippen molar-refractivity contribution < 1.29 is 9.53 Å². The number of anilines is 2. The Kier molecular flexibility index (Phi) is 5.63. The summed E-state index contributed by atoms with van der Waals surface area (Å²) in [6.45, 7) is 4.59. The highest BCUT2D eigenvalue weighted by Crippen LogP contribution is 2.33. The number of ether oxygens (including phenoxy) is 1. The van der Waals surface area contributed by atoms with Crippen LogP contribution in [0.25, 0.3) is 0 Å². The highest BCUT2D eigenvalue weighted by molar-refractivity contribution is 5.96. The highest BCUT2D eigenvalue weighted by atomic mass is 16.5. The summed E-state index contributed by atoms with van der Waals surface area (Å²) < 4.78 is 6.39. The second-order valence-corrected chi connectivity index (χ2v) is 8.71. The van der Waals surface area contributed by atoms with Gasteiger partial charge in [0.05, 0.1) is 12.6 Å². The van der Waals surface area contributed by atoms with Gasteiger partial charge in [0.25, 0.3) is 0 Å². The summed E-state index contributed by atoms with van der Waals surface area (Å²) in [5, 5.41) is 3.43. The average Bonchev–Trinajstić information content (AvgIpc) is 3.29.